The van der Waals surface area contributed by atoms with Gasteiger partial charge in [0.25, 0.3) is 0 Å². The van der Waals surface area contributed by atoms with Crippen molar-refractivity contribution in [3.63, 3.8) is 0 Å². The summed E-state index contributed by atoms with van der Waals surface area (Å²) >= 11 is 0. The largest absolute Gasteiger partial charge is 0.390 e. The lowest BCUT2D eigenvalue weighted by atomic mass is 9.94. The average molecular weight is 497 g/mol. The van der Waals surface area contributed by atoms with Crippen LogP contribution in [-0.4, -0.2) is 81.5 Å². The molecule has 1 saturated heterocycles. The van der Waals surface area contributed by atoms with E-state index in [1.807, 2.05) is 18.5 Å². The highest BCUT2D eigenvalue weighted by Gasteiger charge is 2.39. The SMILES string of the molecule is CC(C)c1cnc(NC[C@@H](C)N(C)C)c2cnc(Nc3ccnc(N4CC[C@@H](O)[C@@](C)(F)C4)n3)cc12. The summed E-state index contributed by atoms with van der Waals surface area (Å²) in [5, 5.41) is 18.7. The van der Waals surface area contributed by atoms with Gasteiger partial charge in [0.05, 0.1) is 12.6 Å². The van der Waals surface area contributed by atoms with Gasteiger partial charge in [-0.3, -0.25) is 0 Å². The molecule has 3 N–H and O–H groups in total. The molecule has 4 rings (SSSR count). The van der Waals surface area contributed by atoms with Crippen LogP contribution in [-0.2, 0) is 0 Å². The topological polar surface area (TPSA) is 102 Å². The van der Waals surface area contributed by atoms with E-state index < -0.39 is 11.8 Å². The van der Waals surface area contributed by atoms with Crippen molar-refractivity contribution in [2.75, 3.05) is 49.3 Å². The van der Waals surface area contributed by atoms with Crippen molar-refractivity contribution in [3.8, 4) is 0 Å². The van der Waals surface area contributed by atoms with E-state index in [1.54, 1.807) is 17.2 Å². The molecule has 3 atom stereocenters. The molecule has 0 aromatic carbocycles. The van der Waals surface area contributed by atoms with Crippen LogP contribution in [0.5, 0.6) is 0 Å². The number of piperidine rings is 1. The maximum Gasteiger partial charge on any atom is 0.227 e. The van der Waals surface area contributed by atoms with E-state index in [0.29, 0.717) is 42.5 Å². The number of rotatable bonds is 8. The van der Waals surface area contributed by atoms with Gasteiger partial charge in [0.15, 0.2) is 5.67 Å². The van der Waals surface area contributed by atoms with Gasteiger partial charge in [-0.05, 0) is 63.4 Å². The van der Waals surface area contributed by atoms with Gasteiger partial charge >= 0.3 is 0 Å². The molecule has 4 heterocycles. The van der Waals surface area contributed by atoms with Crippen LogP contribution in [0.4, 0.5) is 27.8 Å². The standard InChI is InChI=1S/C26H37FN8O/c1-16(2)19-13-31-24(30-12-17(3)34(5)6)20-14-29-23(11-18(19)20)32-22-7-9-28-25(33-22)35-10-8-21(36)26(4,27)15-35/h7,9,11,13-14,16-17,21,36H,8,10,12,15H2,1-6H3,(H,30,31)(H,28,29,32,33)/t17-,21-,26+/m1/s1. The van der Waals surface area contributed by atoms with Crippen molar-refractivity contribution in [2.45, 2.75) is 57.8 Å². The van der Waals surface area contributed by atoms with Crippen molar-refractivity contribution < 1.29 is 9.50 Å². The van der Waals surface area contributed by atoms with Gasteiger partial charge in [-0.1, -0.05) is 13.8 Å². The van der Waals surface area contributed by atoms with Crippen molar-refractivity contribution in [1.82, 2.24) is 24.8 Å². The first-order chi connectivity index (χ1) is 17.0. The lowest BCUT2D eigenvalue weighted by Crippen LogP contribution is -2.52. The molecule has 1 aliphatic heterocycles. The number of halogens is 1. The van der Waals surface area contributed by atoms with E-state index in [1.165, 1.54) is 6.92 Å². The number of nitrogens with zero attached hydrogens (tertiary/aromatic N) is 6. The number of hydrogen-bond acceptors (Lipinski definition) is 9. The fourth-order valence-electron chi connectivity index (χ4n) is 4.26. The van der Waals surface area contributed by atoms with Crippen LogP contribution < -0.4 is 15.5 Å². The molecule has 0 saturated carbocycles. The first-order valence-corrected chi connectivity index (χ1v) is 12.5. The number of aliphatic hydroxyl groups excluding tert-OH is 1. The molecule has 1 aliphatic rings. The Kier molecular flexibility index (Phi) is 7.56. The van der Waals surface area contributed by atoms with E-state index >= 15 is 0 Å². The molecule has 0 amide bonds. The number of hydrogen-bond donors (Lipinski definition) is 3. The molecular formula is C26H37FN8O. The average Bonchev–Trinajstić information content (AvgIpc) is 2.83. The van der Waals surface area contributed by atoms with Gasteiger partial charge in [0.2, 0.25) is 5.95 Å². The number of alkyl halides is 1. The molecule has 9 nitrogen and oxygen atoms in total. The van der Waals surface area contributed by atoms with Crippen LogP contribution in [0.2, 0.25) is 0 Å². The number of nitrogens with one attached hydrogen (secondary N) is 2. The zero-order valence-corrected chi connectivity index (χ0v) is 22.0. The zero-order chi connectivity index (χ0) is 26.0. The summed E-state index contributed by atoms with van der Waals surface area (Å²) < 4.78 is 14.7. The third-order valence-corrected chi connectivity index (χ3v) is 6.92. The summed E-state index contributed by atoms with van der Waals surface area (Å²) in [5.74, 6) is 2.74. The normalized spacial score (nSPS) is 21.3. The fourth-order valence-corrected chi connectivity index (χ4v) is 4.26. The second kappa shape index (κ2) is 10.5. The predicted molar refractivity (Wildman–Crippen MR) is 143 cm³/mol. The summed E-state index contributed by atoms with van der Waals surface area (Å²) in [4.78, 5) is 22.2. The smallest absolute Gasteiger partial charge is 0.227 e. The quantitative estimate of drug-likeness (QED) is 0.428. The van der Waals surface area contributed by atoms with Gasteiger partial charge in [-0.25, -0.2) is 19.3 Å². The van der Waals surface area contributed by atoms with Gasteiger partial charge < -0.3 is 25.5 Å². The lowest BCUT2D eigenvalue weighted by molar-refractivity contribution is -0.00860. The molecular weight excluding hydrogens is 459 g/mol. The Morgan fingerprint density at radius 1 is 1.17 bits per heavy atom. The summed E-state index contributed by atoms with van der Waals surface area (Å²) in [5.41, 5.74) is -0.568. The molecule has 36 heavy (non-hydrogen) atoms. The van der Waals surface area contributed by atoms with E-state index in [-0.39, 0.29) is 6.54 Å². The van der Waals surface area contributed by atoms with Gasteiger partial charge in [0.1, 0.15) is 17.5 Å². The number of anilines is 4. The first-order valence-electron chi connectivity index (χ1n) is 12.5. The summed E-state index contributed by atoms with van der Waals surface area (Å²) in [7, 11) is 4.12. The summed E-state index contributed by atoms with van der Waals surface area (Å²) in [6.07, 6.45) is 4.76. The number of aliphatic hydroxyl groups is 1. The number of aromatic nitrogens is 4. The molecule has 0 bridgehead atoms. The molecule has 194 valence electrons. The highest BCUT2D eigenvalue weighted by molar-refractivity contribution is 5.95. The van der Waals surface area contributed by atoms with Gasteiger partial charge in [-0.2, -0.15) is 4.98 Å². The molecule has 0 aliphatic carbocycles. The van der Waals surface area contributed by atoms with Gasteiger partial charge in [-0.15, -0.1) is 0 Å². The molecule has 1 fully saturated rings. The number of pyridine rings is 2. The van der Waals surface area contributed by atoms with E-state index in [0.717, 1.165) is 28.7 Å². The zero-order valence-electron chi connectivity index (χ0n) is 22.0. The third kappa shape index (κ3) is 5.65. The minimum absolute atomic E-state index is 0.0405. The molecule has 0 radical (unpaired) electrons. The monoisotopic (exact) mass is 496 g/mol. The lowest BCUT2D eigenvalue weighted by Gasteiger charge is -2.38. The van der Waals surface area contributed by atoms with Crippen molar-refractivity contribution >= 4 is 34.2 Å². The highest BCUT2D eigenvalue weighted by Crippen LogP contribution is 2.31. The Bertz CT molecular complexity index is 1200. The molecule has 3 aromatic rings. The molecule has 0 unspecified atom stereocenters. The Balaban J connectivity index is 1.59. The maximum atomic E-state index is 14.7. The van der Waals surface area contributed by atoms with Crippen molar-refractivity contribution in [2.24, 2.45) is 0 Å². The minimum atomic E-state index is -1.71. The number of fused-ring (bicyclic) bond motifs is 1. The Morgan fingerprint density at radius 2 is 1.94 bits per heavy atom. The van der Waals surface area contributed by atoms with E-state index in [4.69, 9.17) is 0 Å². The fraction of sp³-hybridized carbons (Fsp3) is 0.538. The van der Waals surface area contributed by atoms with Crippen LogP contribution in [0.25, 0.3) is 10.8 Å². The van der Waals surface area contributed by atoms with Crippen LogP contribution >= 0.6 is 0 Å². The van der Waals surface area contributed by atoms with Gasteiger partial charge in [0, 0.05) is 43.1 Å². The molecule has 3 aromatic heterocycles. The Labute approximate surface area is 212 Å². The van der Waals surface area contributed by atoms with E-state index in [2.05, 4.69) is 70.3 Å². The first kappa shape index (κ1) is 26.0. The van der Waals surface area contributed by atoms with Crippen LogP contribution in [0.15, 0.2) is 30.7 Å². The predicted octanol–water partition coefficient (Wildman–Crippen LogP) is 3.95. The minimum Gasteiger partial charge on any atom is -0.390 e. The van der Waals surface area contributed by atoms with Crippen molar-refractivity contribution in [3.05, 3.63) is 36.3 Å². The Morgan fingerprint density at radius 3 is 2.64 bits per heavy atom. The van der Waals surface area contributed by atoms with Crippen LogP contribution in [0, 0.1) is 0 Å². The highest BCUT2D eigenvalue weighted by atomic mass is 19.1. The summed E-state index contributed by atoms with van der Waals surface area (Å²) in [6.45, 7) is 9.17. The van der Waals surface area contributed by atoms with Crippen LogP contribution in [0.3, 0.4) is 0 Å². The Hall–Kier alpha value is -3.11. The number of likely N-dealkylation sites (N-methyl/N-ethyl adjacent to an activating group) is 1. The van der Waals surface area contributed by atoms with Crippen LogP contribution in [0.1, 0.15) is 45.6 Å². The van der Waals surface area contributed by atoms with Crippen molar-refractivity contribution in [1.29, 1.82) is 0 Å². The molecule has 0 spiro atoms. The third-order valence-electron chi connectivity index (χ3n) is 6.92. The second-order valence-corrected chi connectivity index (χ2v) is 10.4. The van der Waals surface area contributed by atoms with E-state index in [9.17, 15) is 9.50 Å². The molecule has 10 heteroatoms. The summed E-state index contributed by atoms with van der Waals surface area (Å²) in [6, 6.07) is 4.13. The second-order valence-electron chi connectivity index (χ2n) is 10.4. The maximum absolute atomic E-state index is 14.7.